The van der Waals surface area contributed by atoms with Crippen LogP contribution in [0.25, 0.3) is 0 Å². The van der Waals surface area contributed by atoms with Gasteiger partial charge in [0.05, 0.1) is 26.4 Å². The first-order valence-electron chi connectivity index (χ1n) is 23.1. The number of aryl methyl sites for hydroxylation is 3. The summed E-state index contributed by atoms with van der Waals surface area (Å²) in [5, 5.41) is 7.13. The van der Waals surface area contributed by atoms with Gasteiger partial charge in [-0.2, -0.15) is 0 Å². The summed E-state index contributed by atoms with van der Waals surface area (Å²) >= 11 is 0. The van der Waals surface area contributed by atoms with E-state index in [-0.39, 0.29) is 10.8 Å². The van der Waals surface area contributed by atoms with Gasteiger partial charge in [-0.3, -0.25) is 0 Å². The molecule has 6 aromatic carbocycles. The lowest BCUT2D eigenvalue weighted by atomic mass is 9.69. The Labute approximate surface area is 381 Å². The topological polar surface area (TPSA) is 55.4 Å². The van der Waals surface area contributed by atoms with Crippen molar-refractivity contribution in [1.29, 1.82) is 0 Å². The normalized spacial score (nSPS) is 19.8. The molecule has 0 bridgehead atoms. The molecule has 0 saturated heterocycles. The molecule has 2 unspecified atom stereocenters. The van der Waals surface area contributed by atoms with Crippen LogP contribution >= 0.6 is 15.8 Å². The molecule has 5 aliphatic heterocycles. The second-order valence-corrected chi connectivity index (χ2v) is 23.9. The van der Waals surface area contributed by atoms with E-state index in [1.54, 1.807) is 0 Å². The highest BCUT2D eigenvalue weighted by molar-refractivity contribution is 7.80. The zero-order chi connectivity index (χ0) is 44.1. The smallest absolute Gasteiger partial charge is 0.253 e. The number of rotatable bonds is 8. The predicted molar refractivity (Wildman–Crippen MR) is 263 cm³/mol. The number of ether oxygens (including phenoxy) is 6. The van der Waals surface area contributed by atoms with E-state index >= 15 is 0 Å². The molecular weight excluding hydrogens is 831 g/mol. The lowest BCUT2D eigenvalue weighted by molar-refractivity contribution is -0.165. The first-order valence-corrected chi connectivity index (χ1v) is 25.8. The van der Waals surface area contributed by atoms with Gasteiger partial charge < -0.3 is 28.4 Å². The van der Waals surface area contributed by atoms with Gasteiger partial charge in [-0.1, -0.05) is 113 Å². The SMILES string of the molecule is CCOc1c(C)cccc1P(c1cccc2c1OCC2)c1cc(C)cc2c1OC1(CC2(C)C)CC(C)(C)c2cc(C)cc(P(c3cccc4c3OCC4)c3cccc4c3OCC4)c2O1. The Morgan fingerprint density at radius 2 is 0.906 bits per heavy atom. The van der Waals surface area contributed by atoms with Crippen molar-refractivity contribution in [3.05, 3.63) is 142 Å². The van der Waals surface area contributed by atoms with E-state index in [2.05, 4.69) is 152 Å². The van der Waals surface area contributed by atoms with Crippen molar-refractivity contribution in [3.8, 4) is 34.5 Å². The highest BCUT2D eigenvalue weighted by atomic mass is 31.1. The molecule has 5 aliphatic rings. The largest absolute Gasteiger partial charge is 0.493 e. The van der Waals surface area contributed by atoms with Gasteiger partial charge in [0.25, 0.3) is 5.79 Å². The van der Waals surface area contributed by atoms with Crippen molar-refractivity contribution in [2.45, 2.75) is 104 Å². The fourth-order valence-corrected chi connectivity index (χ4v) is 16.8. The summed E-state index contributed by atoms with van der Waals surface area (Å²) in [7, 11) is -2.41. The monoisotopic (exact) mass is 888 g/mol. The molecular formula is C56H58O6P2. The summed E-state index contributed by atoms with van der Waals surface area (Å²) in [4.78, 5) is 0. The number of para-hydroxylation sites is 4. The van der Waals surface area contributed by atoms with Crippen molar-refractivity contribution in [3.63, 3.8) is 0 Å². The first-order chi connectivity index (χ1) is 30.8. The van der Waals surface area contributed by atoms with Crippen molar-refractivity contribution < 1.29 is 28.4 Å². The van der Waals surface area contributed by atoms with Gasteiger partial charge in [-0.05, 0) is 89.1 Å². The van der Waals surface area contributed by atoms with Crippen molar-refractivity contribution in [2.24, 2.45) is 0 Å². The zero-order valence-corrected chi connectivity index (χ0v) is 40.2. The Kier molecular flexibility index (Phi) is 10.1. The molecule has 1 spiro atoms. The Bertz CT molecular complexity index is 2800. The molecule has 0 fully saturated rings. The average molecular weight is 889 g/mol. The minimum Gasteiger partial charge on any atom is -0.493 e. The standard InChI is InChI=1S/C56H58O6P2/c1-9-57-48-36(4)14-10-18-42(48)63(43-19-11-15-37-22-25-58-49(37)43)46-30-34(2)28-40-52(46)61-56(32-54(40,5)6)33-55(7,8)41-29-35(3)31-47(53(41)62-56)64(44-20-12-16-38-23-26-59-50(38)44)45-21-13-17-39-24-27-60-51(39)45/h10-21,28-31H,9,22-27,32-33H2,1-8H3. The minimum atomic E-state index is -1.23. The van der Waals surface area contributed by atoms with Gasteiger partial charge in [0, 0.05) is 85.9 Å². The fraction of sp³-hybridized carbons (Fsp3) is 0.357. The Morgan fingerprint density at radius 3 is 1.34 bits per heavy atom. The molecule has 0 aliphatic carbocycles. The molecule has 2 atom stereocenters. The molecule has 11 rings (SSSR count). The lowest BCUT2D eigenvalue weighted by Crippen LogP contribution is -2.57. The summed E-state index contributed by atoms with van der Waals surface area (Å²) in [5.74, 6) is 4.85. The number of benzene rings is 6. The van der Waals surface area contributed by atoms with Crippen molar-refractivity contribution in [2.75, 3.05) is 26.4 Å². The maximum absolute atomic E-state index is 7.84. The molecule has 8 heteroatoms. The van der Waals surface area contributed by atoms with Crippen LogP contribution in [0.5, 0.6) is 34.5 Å². The third kappa shape index (κ3) is 6.81. The van der Waals surface area contributed by atoms with Crippen LogP contribution in [0.15, 0.2) is 97.1 Å². The number of fused-ring (bicyclic) bond motifs is 5. The quantitative estimate of drug-likeness (QED) is 0.142. The molecule has 64 heavy (non-hydrogen) atoms. The fourth-order valence-electron chi connectivity index (χ4n) is 11.2. The number of hydrogen-bond donors (Lipinski definition) is 0. The summed E-state index contributed by atoms with van der Waals surface area (Å²) in [6.07, 6.45) is 4.10. The third-order valence-corrected chi connectivity index (χ3v) is 18.9. The van der Waals surface area contributed by atoms with Gasteiger partial charge in [0.15, 0.2) is 0 Å². The molecule has 6 aromatic rings. The minimum absolute atomic E-state index is 0.296. The molecule has 0 saturated carbocycles. The Hall–Kier alpha value is -5.02. The summed E-state index contributed by atoms with van der Waals surface area (Å²) in [6.45, 7) is 20.9. The molecule has 6 nitrogen and oxygen atoms in total. The molecule has 0 aromatic heterocycles. The van der Waals surface area contributed by atoms with E-state index in [0.29, 0.717) is 39.3 Å². The Morgan fingerprint density at radius 1 is 0.500 bits per heavy atom. The summed E-state index contributed by atoms with van der Waals surface area (Å²) in [5.41, 5.74) is 9.18. The van der Waals surface area contributed by atoms with Crippen molar-refractivity contribution >= 4 is 47.7 Å². The zero-order valence-electron chi connectivity index (χ0n) is 38.4. The first kappa shape index (κ1) is 41.7. The van der Waals surface area contributed by atoms with E-state index in [1.807, 2.05) is 0 Å². The van der Waals surface area contributed by atoms with E-state index in [9.17, 15) is 0 Å². The average Bonchev–Trinajstić information content (AvgIpc) is 4.05. The molecule has 0 N–H and O–H groups in total. The third-order valence-electron chi connectivity index (χ3n) is 13.9. The van der Waals surface area contributed by atoms with E-state index < -0.39 is 21.6 Å². The summed E-state index contributed by atoms with van der Waals surface area (Å²) in [6, 6.07) is 36.2. The van der Waals surface area contributed by atoms with Crippen LogP contribution in [-0.2, 0) is 30.1 Å². The molecule has 5 heterocycles. The van der Waals surface area contributed by atoms with Gasteiger partial charge in [-0.15, -0.1) is 0 Å². The summed E-state index contributed by atoms with van der Waals surface area (Å²) < 4.78 is 41.9. The Balaban J connectivity index is 1.13. The van der Waals surface area contributed by atoms with Gasteiger partial charge in [0.1, 0.15) is 34.5 Å². The second-order valence-electron chi connectivity index (χ2n) is 19.7. The highest BCUT2D eigenvalue weighted by Crippen LogP contribution is 2.58. The highest BCUT2D eigenvalue weighted by Gasteiger charge is 2.55. The van der Waals surface area contributed by atoms with Crippen LogP contribution in [0.3, 0.4) is 0 Å². The van der Waals surface area contributed by atoms with Crippen LogP contribution < -0.4 is 60.2 Å². The number of hydrogen-bond acceptors (Lipinski definition) is 6. The van der Waals surface area contributed by atoms with E-state index in [1.165, 1.54) is 70.8 Å². The van der Waals surface area contributed by atoms with Crippen LogP contribution in [-0.4, -0.2) is 32.2 Å². The van der Waals surface area contributed by atoms with Crippen molar-refractivity contribution in [1.82, 2.24) is 0 Å². The van der Waals surface area contributed by atoms with Gasteiger partial charge in [-0.25, -0.2) is 0 Å². The lowest BCUT2D eigenvalue weighted by Gasteiger charge is -2.52. The van der Waals surface area contributed by atoms with Crippen LogP contribution in [0, 0.1) is 20.8 Å². The van der Waals surface area contributed by atoms with Crippen LogP contribution in [0.4, 0.5) is 0 Å². The van der Waals surface area contributed by atoms with E-state index in [0.717, 1.165) is 59.3 Å². The van der Waals surface area contributed by atoms with Crippen LogP contribution in [0.1, 0.15) is 92.0 Å². The molecule has 0 radical (unpaired) electrons. The van der Waals surface area contributed by atoms with Crippen LogP contribution in [0.2, 0.25) is 0 Å². The van der Waals surface area contributed by atoms with E-state index in [4.69, 9.17) is 28.4 Å². The molecule has 328 valence electrons. The maximum Gasteiger partial charge on any atom is 0.253 e. The molecule has 0 amide bonds. The predicted octanol–water partition coefficient (Wildman–Crippen LogP) is 9.85. The van der Waals surface area contributed by atoms with Gasteiger partial charge in [0.2, 0.25) is 0 Å². The maximum atomic E-state index is 7.84. The second kappa shape index (κ2) is 15.6. The van der Waals surface area contributed by atoms with Gasteiger partial charge >= 0.3 is 0 Å².